The smallest absolute Gasteiger partial charge is 0.407 e. The van der Waals surface area contributed by atoms with E-state index in [0.717, 1.165) is 17.3 Å². The fourth-order valence-corrected chi connectivity index (χ4v) is 3.90. The number of hydrogen-bond donors (Lipinski definition) is 1. The van der Waals surface area contributed by atoms with Gasteiger partial charge in [0.2, 0.25) is 0 Å². The van der Waals surface area contributed by atoms with Crippen LogP contribution in [0, 0.1) is 0 Å². The second-order valence-electron chi connectivity index (χ2n) is 7.77. The summed E-state index contributed by atoms with van der Waals surface area (Å²) in [5, 5.41) is 3.00. The molecule has 25 heavy (non-hydrogen) atoms. The lowest BCUT2D eigenvalue weighted by molar-refractivity contribution is 0.0514. The number of ether oxygens (including phenoxy) is 1. The maximum atomic E-state index is 12.2. The molecule has 2 aromatic carbocycles. The van der Waals surface area contributed by atoms with Crippen LogP contribution in [-0.4, -0.2) is 18.2 Å². The number of amides is 1. The molecule has 1 amide bonds. The van der Waals surface area contributed by atoms with Crippen LogP contribution >= 0.6 is 15.9 Å². The van der Waals surface area contributed by atoms with Crippen LogP contribution in [0.1, 0.15) is 37.5 Å². The van der Waals surface area contributed by atoms with E-state index < -0.39 is 5.60 Å². The zero-order valence-electron chi connectivity index (χ0n) is 14.9. The molecule has 3 nitrogen and oxygen atoms in total. The van der Waals surface area contributed by atoms with Crippen molar-refractivity contribution in [3.05, 3.63) is 69.7 Å². The predicted octanol–water partition coefficient (Wildman–Crippen LogP) is 5.01. The number of rotatable bonds is 3. The van der Waals surface area contributed by atoms with Gasteiger partial charge in [-0.05, 0) is 62.4 Å². The highest BCUT2D eigenvalue weighted by Crippen LogP contribution is 2.40. The van der Waals surface area contributed by atoms with Gasteiger partial charge in [-0.1, -0.05) is 52.3 Å². The van der Waals surface area contributed by atoms with Crippen molar-refractivity contribution in [3.63, 3.8) is 0 Å². The maximum absolute atomic E-state index is 12.2. The van der Waals surface area contributed by atoms with E-state index >= 15 is 0 Å². The van der Waals surface area contributed by atoms with Gasteiger partial charge >= 0.3 is 6.09 Å². The van der Waals surface area contributed by atoms with Gasteiger partial charge in [0.15, 0.2) is 0 Å². The van der Waals surface area contributed by atoms with E-state index in [4.69, 9.17) is 4.74 Å². The standard InChI is InChI=1S/C21H24BrNO2/c1-20(2,3)25-19(24)23-14-21(17-9-6-10-18(22)11-17)12-15-7-4-5-8-16(15)13-21/h4-11H,12-14H2,1-3H3,(H,23,24). The van der Waals surface area contributed by atoms with Gasteiger partial charge in [-0.2, -0.15) is 0 Å². The topological polar surface area (TPSA) is 38.3 Å². The number of alkyl carbamates (subject to hydrolysis) is 1. The fraction of sp³-hybridized carbons (Fsp3) is 0.381. The number of carbonyl (C=O) groups is 1. The van der Waals surface area contributed by atoms with E-state index in [1.54, 1.807) is 0 Å². The van der Waals surface area contributed by atoms with E-state index in [0.29, 0.717) is 6.54 Å². The summed E-state index contributed by atoms with van der Waals surface area (Å²) in [6.45, 7) is 6.18. The third-order valence-corrected chi connectivity index (χ3v) is 5.08. The zero-order chi connectivity index (χ0) is 18.1. The summed E-state index contributed by atoms with van der Waals surface area (Å²) in [6.07, 6.45) is 1.46. The molecule has 0 atom stereocenters. The molecule has 1 N–H and O–H groups in total. The van der Waals surface area contributed by atoms with Gasteiger partial charge in [-0.3, -0.25) is 0 Å². The first-order valence-electron chi connectivity index (χ1n) is 8.57. The van der Waals surface area contributed by atoms with Gasteiger partial charge in [0.1, 0.15) is 5.60 Å². The Bertz CT molecular complexity index is 754. The van der Waals surface area contributed by atoms with Crippen molar-refractivity contribution in [2.75, 3.05) is 6.54 Å². The highest BCUT2D eigenvalue weighted by atomic mass is 79.9. The largest absolute Gasteiger partial charge is 0.444 e. The van der Waals surface area contributed by atoms with Crippen LogP contribution in [0.4, 0.5) is 4.79 Å². The first-order chi connectivity index (χ1) is 11.8. The number of halogens is 1. The molecular formula is C21H24BrNO2. The third-order valence-electron chi connectivity index (χ3n) is 4.58. The molecule has 1 aliphatic rings. The summed E-state index contributed by atoms with van der Waals surface area (Å²) in [5.41, 5.74) is 3.30. The van der Waals surface area contributed by atoms with E-state index in [2.05, 4.69) is 63.7 Å². The zero-order valence-corrected chi connectivity index (χ0v) is 16.5. The Morgan fingerprint density at radius 2 is 1.76 bits per heavy atom. The first-order valence-corrected chi connectivity index (χ1v) is 9.36. The van der Waals surface area contributed by atoms with Gasteiger partial charge in [-0.25, -0.2) is 4.79 Å². The second-order valence-corrected chi connectivity index (χ2v) is 8.68. The highest BCUT2D eigenvalue weighted by molar-refractivity contribution is 9.10. The summed E-state index contributed by atoms with van der Waals surface area (Å²) >= 11 is 3.58. The molecule has 3 rings (SSSR count). The Hall–Kier alpha value is -1.81. The average molecular weight is 402 g/mol. The minimum absolute atomic E-state index is 0.148. The highest BCUT2D eigenvalue weighted by Gasteiger charge is 2.39. The van der Waals surface area contributed by atoms with Crippen molar-refractivity contribution in [2.24, 2.45) is 0 Å². The van der Waals surface area contributed by atoms with Gasteiger partial charge in [0.05, 0.1) is 0 Å². The van der Waals surface area contributed by atoms with Gasteiger partial charge in [-0.15, -0.1) is 0 Å². The first kappa shape index (κ1) is 18.0. The molecule has 0 aromatic heterocycles. The van der Waals surface area contributed by atoms with Crippen LogP contribution in [0.25, 0.3) is 0 Å². The molecule has 0 aliphatic heterocycles. The van der Waals surface area contributed by atoms with E-state index in [1.807, 2.05) is 26.8 Å². The van der Waals surface area contributed by atoms with Crippen molar-refractivity contribution >= 4 is 22.0 Å². The number of fused-ring (bicyclic) bond motifs is 1. The molecule has 1 aliphatic carbocycles. The van der Waals surface area contributed by atoms with Gasteiger partial charge in [0.25, 0.3) is 0 Å². The van der Waals surface area contributed by atoms with Gasteiger partial charge in [0, 0.05) is 16.4 Å². The SMILES string of the molecule is CC(C)(C)OC(=O)NCC1(c2cccc(Br)c2)Cc2ccccc2C1. The number of benzene rings is 2. The van der Waals surface area contributed by atoms with Crippen molar-refractivity contribution in [2.45, 2.75) is 44.6 Å². The van der Waals surface area contributed by atoms with Crippen LogP contribution < -0.4 is 5.32 Å². The minimum Gasteiger partial charge on any atom is -0.444 e. The minimum atomic E-state index is -0.494. The molecule has 132 valence electrons. The Morgan fingerprint density at radius 1 is 1.12 bits per heavy atom. The summed E-state index contributed by atoms with van der Waals surface area (Å²) in [7, 11) is 0. The Balaban J connectivity index is 1.86. The van der Waals surface area contributed by atoms with Crippen molar-refractivity contribution in [3.8, 4) is 0 Å². The van der Waals surface area contributed by atoms with Crippen molar-refractivity contribution in [1.29, 1.82) is 0 Å². The van der Waals surface area contributed by atoms with E-state index in [-0.39, 0.29) is 11.5 Å². The molecule has 0 spiro atoms. The maximum Gasteiger partial charge on any atom is 0.407 e. The van der Waals surface area contributed by atoms with Crippen molar-refractivity contribution < 1.29 is 9.53 Å². The normalized spacial score (nSPS) is 15.5. The Kier molecular flexibility index (Phi) is 4.92. The van der Waals surface area contributed by atoms with Crippen LogP contribution in [0.15, 0.2) is 53.0 Å². The number of carbonyl (C=O) groups excluding carboxylic acids is 1. The molecule has 0 fully saturated rings. The summed E-state index contributed by atoms with van der Waals surface area (Å²) in [4.78, 5) is 12.2. The lowest BCUT2D eigenvalue weighted by Crippen LogP contribution is -2.43. The van der Waals surface area contributed by atoms with Crippen LogP contribution in [0.5, 0.6) is 0 Å². The average Bonchev–Trinajstić information content (AvgIpc) is 2.91. The summed E-state index contributed by atoms with van der Waals surface area (Å²) in [5.74, 6) is 0. The molecular weight excluding hydrogens is 378 g/mol. The van der Waals surface area contributed by atoms with E-state index in [9.17, 15) is 4.79 Å². The van der Waals surface area contributed by atoms with Gasteiger partial charge < -0.3 is 10.1 Å². The lowest BCUT2D eigenvalue weighted by atomic mass is 9.77. The molecule has 4 heteroatoms. The molecule has 0 bridgehead atoms. The Labute approximate surface area is 157 Å². The van der Waals surface area contributed by atoms with Crippen LogP contribution in [0.2, 0.25) is 0 Å². The fourth-order valence-electron chi connectivity index (χ4n) is 3.50. The molecule has 0 heterocycles. The Morgan fingerprint density at radius 3 is 2.32 bits per heavy atom. The molecule has 0 radical (unpaired) electrons. The monoisotopic (exact) mass is 401 g/mol. The molecule has 0 saturated carbocycles. The van der Waals surface area contributed by atoms with Crippen LogP contribution in [-0.2, 0) is 23.0 Å². The summed E-state index contributed by atoms with van der Waals surface area (Å²) < 4.78 is 6.47. The summed E-state index contributed by atoms with van der Waals surface area (Å²) in [6, 6.07) is 16.9. The molecule has 0 unspecified atom stereocenters. The van der Waals surface area contributed by atoms with Crippen molar-refractivity contribution in [1.82, 2.24) is 5.32 Å². The predicted molar refractivity (Wildman–Crippen MR) is 104 cm³/mol. The lowest BCUT2D eigenvalue weighted by Gasteiger charge is -2.31. The quantitative estimate of drug-likeness (QED) is 0.784. The van der Waals surface area contributed by atoms with Crippen LogP contribution in [0.3, 0.4) is 0 Å². The third kappa shape index (κ3) is 4.24. The molecule has 0 saturated heterocycles. The number of nitrogens with one attached hydrogen (secondary N) is 1. The molecule has 2 aromatic rings. The van der Waals surface area contributed by atoms with E-state index in [1.165, 1.54) is 16.7 Å². The number of hydrogen-bond acceptors (Lipinski definition) is 2. The second kappa shape index (κ2) is 6.83.